The Morgan fingerprint density at radius 1 is 1.61 bits per heavy atom. The SMILES string of the molecule is COc1ncc(F)cc1C(O)C(O)CNC(C)=O. The van der Waals surface area contributed by atoms with Crippen LogP contribution in [0.3, 0.4) is 0 Å². The number of hydrogen-bond donors (Lipinski definition) is 3. The number of rotatable bonds is 5. The number of halogens is 1. The van der Waals surface area contributed by atoms with Gasteiger partial charge >= 0.3 is 0 Å². The monoisotopic (exact) mass is 258 g/mol. The molecule has 0 bridgehead atoms. The number of pyridine rings is 1. The first kappa shape index (κ1) is 14.3. The summed E-state index contributed by atoms with van der Waals surface area (Å²) in [6, 6.07) is 1.02. The molecule has 0 radical (unpaired) electrons. The van der Waals surface area contributed by atoms with Gasteiger partial charge in [0.15, 0.2) is 0 Å². The second-order valence-electron chi connectivity index (χ2n) is 3.70. The Kier molecular flexibility index (Phi) is 4.99. The van der Waals surface area contributed by atoms with E-state index >= 15 is 0 Å². The highest BCUT2D eigenvalue weighted by molar-refractivity contribution is 5.72. The lowest BCUT2D eigenvalue weighted by Gasteiger charge is -2.19. The maximum atomic E-state index is 13.0. The molecule has 0 aliphatic carbocycles. The minimum atomic E-state index is -1.41. The number of ether oxygens (including phenoxy) is 1. The molecule has 0 spiro atoms. The lowest BCUT2D eigenvalue weighted by molar-refractivity contribution is -0.119. The van der Waals surface area contributed by atoms with Gasteiger partial charge in [0, 0.05) is 19.0 Å². The van der Waals surface area contributed by atoms with Crippen molar-refractivity contribution < 1.29 is 24.1 Å². The number of aliphatic hydroxyl groups is 2. The number of methoxy groups -OCH3 is 1. The van der Waals surface area contributed by atoms with E-state index in [-0.39, 0.29) is 23.9 Å². The lowest BCUT2D eigenvalue weighted by atomic mass is 10.1. The van der Waals surface area contributed by atoms with Crippen LogP contribution in [-0.4, -0.2) is 40.9 Å². The Hall–Kier alpha value is -1.73. The molecule has 3 N–H and O–H groups in total. The summed E-state index contributed by atoms with van der Waals surface area (Å²) in [5.41, 5.74) is 0.0235. The Morgan fingerprint density at radius 3 is 2.83 bits per heavy atom. The number of aliphatic hydroxyl groups excluding tert-OH is 2. The molecule has 0 aliphatic heterocycles. The van der Waals surface area contributed by atoms with Crippen molar-refractivity contribution in [3.8, 4) is 5.88 Å². The predicted octanol–water partition coefficient (Wildman–Crippen LogP) is -0.240. The summed E-state index contributed by atoms with van der Waals surface area (Å²) < 4.78 is 17.9. The van der Waals surface area contributed by atoms with E-state index in [1.807, 2.05) is 0 Å². The average Bonchev–Trinajstić information content (AvgIpc) is 2.34. The molecule has 0 fully saturated rings. The number of amides is 1. The maximum absolute atomic E-state index is 13.0. The highest BCUT2D eigenvalue weighted by Gasteiger charge is 2.23. The molecule has 1 heterocycles. The molecule has 1 aromatic rings. The maximum Gasteiger partial charge on any atom is 0.219 e. The summed E-state index contributed by atoms with van der Waals surface area (Å²) in [5, 5.41) is 21.9. The third-order valence-corrected chi connectivity index (χ3v) is 2.28. The smallest absolute Gasteiger partial charge is 0.219 e. The normalized spacial score (nSPS) is 13.8. The Bertz CT molecular complexity index is 428. The van der Waals surface area contributed by atoms with E-state index in [4.69, 9.17) is 4.74 Å². The van der Waals surface area contributed by atoms with Gasteiger partial charge in [-0.05, 0) is 6.07 Å². The van der Waals surface area contributed by atoms with E-state index in [1.165, 1.54) is 14.0 Å². The van der Waals surface area contributed by atoms with E-state index in [0.717, 1.165) is 12.3 Å². The van der Waals surface area contributed by atoms with Gasteiger partial charge in [-0.3, -0.25) is 4.79 Å². The van der Waals surface area contributed by atoms with Crippen molar-refractivity contribution in [1.29, 1.82) is 0 Å². The van der Waals surface area contributed by atoms with Gasteiger partial charge in [0.25, 0.3) is 0 Å². The van der Waals surface area contributed by atoms with E-state index in [9.17, 15) is 19.4 Å². The molecular weight excluding hydrogens is 243 g/mol. The third-order valence-electron chi connectivity index (χ3n) is 2.28. The largest absolute Gasteiger partial charge is 0.481 e. The first-order valence-electron chi connectivity index (χ1n) is 5.25. The number of hydrogen-bond acceptors (Lipinski definition) is 5. The molecule has 100 valence electrons. The van der Waals surface area contributed by atoms with Crippen molar-refractivity contribution in [3.63, 3.8) is 0 Å². The standard InChI is InChI=1S/C11H15FN2O4/c1-6(15)13-5-9(16)10(17)8-3-7(12)4-14-11(8)18-2/h3-4,9-10,16-17H,5H2,1-2H3,(H,13,15). The third kappa shape index (κ3) is 3.64. The van der Waals surface area contributed by atoms with Crippen LogP contribution < -0.4 is 10.1 Å². The van der Waals surface area contributed by atoms with E-state index in [0.29, 0.717) is 0 Å². The molecule has 18 heavy (non-hydrogen) atoms. The van der Waals surface area contributed by atoms with E-state index < -0.39 is 18.0 Å². The number of nitrogens with one attached hydrogen (secondary N) is 1. The van der Waals surface area contributed by atoms with Gasteiger partial charge in [-0.1, -0.05) is 0 Å². The molecule has 1 aromatic heterocycles. The topological polar surface area (TPSA) is 91.7 Å². The van der Waals surface area contributed by atoms with Crippen LogP contribution in [0.1, 0.15) is 18.6 Å². The summed E-state index contributed by atoms with van der Waals surface area (Å²) in [7, 11) is 1.32. The van der Waals surface area contributed by atoms with Crippen molar-refractivity contribution in [2.45, 2.75) is 19.1 Å². The highest BCUT2D eigenvalue weighted by Crippen LogP contribution is 2.25. The predicted molar refractivity (Wildman–Crippen MR) is 60.4 cm³/mol. The fraction of sp³-hybridized carbons (Fsp3) is 0.455. The highest BCUT2D eigenvalue weighted by atomic mass is 19.1. The van der Waals surface area contributed by atoms with Crippen LogP contribution in [0.15, 0.2) is 12.3 Å². The van der Waals surface area contributed by atoms with Crippen molar-refractivity contribution in [2.75, 3.05) is 13.7 Å². The van der Waals surface area contributed by atoms with Crippen LogP contribution in [0.2, 0.25) is 0 Å². The molecule has 0 aromatic carbocycles. The minimum Gasteiger partial charge on any atom is -0.481 e. The fourth-order valence-electron chi connectivity index (χ4n) is 1.39. The van der Waals surface area contributed by atoms with Gasteiger partial charge in [-0.25, -0.2) is 9.37 Å². The van der Waals surface area contributed by atoms with Crippen molar-refractivity contribution >= 4 is 5.91 Å². The van der Waals surface area contributed by atoms with Crippen LogP contribution in [0.5, 0.6) is 5.88 Å². The summed E-state index contributed by atoms with van der Waals surface area (Å²) in [5.74, 6) is -0.979. The molecule has 0 aliphatic rings. The van der Waals surface area contributed by atoms with Crippen molar-refractivity contribution in [1.82, 2.24) is 10.3 Å². The second kappa shape index (κ2) is 6.27. The van der Waals surface area contributed by atoms with Gasteiger partial charge in [-0.15, -0.1) is 0 Å². The molecule has 2 atom stereocenters. The molecule has 6 nitrogen and oxygen atoms in total. The van der Waals surface area contributed by atoms with E-state index in [2.05, 4.69) is 10.3 Å². The van der Waals surface area contributed by atoms with Crippen LogP contribution >= 0.6 is 0 Å². The number of nitrogens with zero attached hydrogens (tertiary/aromatic N) is 1. The van der Waals surface area contributed by atoms with Crippen LogP contribution in [0.4, 0.5) is 4.39 Å². The minimum absolute atomic E-state index is 0.0192. The zero-order valence-electron chi connectivity index (χ0n) is 10.1. The fourth-order valence-corrected chi connectivity index (χ4v) is 1.39. The van der Waals surface area contributed by atoms with Crippen LogP contribution in [-0.2, 0) is 4.79 Å². The summed E-state index contributed by atoms with van der Waals surface area (Å²) in [4.78, 5) is 14.3. The first-order valence-corrected chi connectivity index (χ1v) is 5.25. The summed E-state index contributed by atoms with van der Waals surface area (Å²) in [6.07, 6.45) is -1.75. The van der Waals surface area contributed by atoms with E-state index in [1.54, 1.807) is 0 Å². The molecule has 1 rings (SSSR count). The first-order chi connectivity index (χ1) is 8.45. The lowest BCUT2D eigenvalue weighted by Crippen LogP contribution is -2.34. The number of carbonyl (C=O) groups excluding carboxylic acids is 1. The van der Waals surface area contributed by atoms with Gasteiger partial charge in [0.05, 0.1) is 13.3 Å². The molecule has 2 unspecified atom stereocenters. The second-order valence-corrected chi connectivity index (χ2v) is 3.70. The van der Waals surface area contributed by atoms with Gasteiger partial charge < -0.3 is 20.3 Å². The zero-order valence-corrected chi connectivity index (χ0v) is 10.1. The summed E-state index contributed by atoms with van der Waals surface area (Å²) >= 11 is 0. The van der Waals surface area contributed by atoms with Crippen LogP contribution in [0.25, 0.3) is 0 Å². The summed E-state index contributed by atoms with van der Waals surface area (Å²) in [6.45, 7) is 1.12. The quantitative estimate of drug-likeness (QED) is 0.678. The van der Waals surface area contributed by atoms with Crippen molar-refractivity contribution in [2.24, 2.45) is 0 Å². The van der Waals surface area contributed by atoms with Gasteiger partial charge in [0.1, 0.15) is 18.0 Å². The molecular formula is C11H15FN2O4. The van der Waals surface area contributed by atoms with Gasteiger partial charge in [0.2, 0.25) is 11.8 Å². The molecule has 1 amide bonds. The number of carbonyl (C=O) groups is 1. The zero-order chi connectivity index (χ0) is 13.7. The Balaban J connectivity index is 2.84. The Labute approximate surface area is 103 Å². The van der Waals surface area contributed by atoms with Crippen LogP contribution in [0, 0.1) is 5.82 Å². The molecule has 0 saturated carbocycles. The number of aromatic nitrogens is 1. The molecule has 0 saturated heterocycles. The Morgan fingerprint density at radius 2 is 2.28 bits per heavy atom. The van der Waals surface area contributed by atoms with Gasteiger partial charge in [-0.2, -0.15) is 0 Å². The van der Waals surface area contributed by atoms with Crippen molar-refractivity contribution in [3.05, 3.63) is 23.6 Å². The average molecular weight is 258 g/mol. The molecule has 7 heteroatoms.